The van der Waals surface area contributed by atoms with E-state index < -0.39 is 5.91 Å². The summed E-state index contributed by atoms with van der Waals surface area (Å²) < 4.78 is 0. The second-order valence-corrected chi connectivity index (χ2v) is 7.01. The van der Waals surface area contributed by atoms with Crippen molar-refractivity contribution in [3.63, 3.8) is 0 Å². The Morgan fingerprint density at radius 2 is 1.74 bits per heavy atom. The van der Waals surface area contributed by atoms with Gasteiger partial charge in [-0.25, -0.2) is 0 Å². The minimum atomic E-state index is -0.426. The third-order valence-corrected chi connectivity index (χ3v) is 4.80. The van der Waals surface area contributed by atoms with Gasteiger partial charge in [-0.2, -0.15) is 0 Å². The van der Waals surface area contributed by atoms with Crippen LogP contribution in [-0.4, -0.2) is 18.4 Å². The van der Waals surface area contributed by atoms with Crippen LogP contribution in [-0.2, 0) is 4.79 Å². The third kappa shape index (κ3) is 4.59. The van der Waals surface area contributed by atoms with Gasteiger partial charge in [0.1, 0.15) is 0 Å². The third-order valence-electron chi connectivity index (χ3n) is 4.25. The van der Waals surface area contributed by atoms with Crippen molar-refractivity contribution in [3.8, 4) is 0 Å². The zero-order valence-corrected chi connectivity index (χ0v) is 16.1. The summed E-state index contributed by atoms with van der Waals surface area (Å²) >= 11 is 11.8. The highest BCUT2D eigenvalue weighted by molar-refractivity contribution is 6.36. The van der Waals surface area contributed by atoms with Gasteiger partial charge in [0.2, 0.25) is 5.91 Å². The summed E-state index contributed by atoms with van der Waals surface area (Å²) in [5.74, 6) is -0.710. The SMILES string of the molecule is CC(NC(=O)CNC(=O)c1ccc(Cl)cc1Cl)c1cccc2ccccc12. The first kappa shape index (κ1) is 19.2. The lowest BCUT2D eigenvalue weighted by molar-refractivity contribution is -0.120. The molecule has 0 radical (unpaired) electrons. The first-order valence-electron chi connectivity index (χ1n) is 8.46. The van der Waals surface area contributed by atoms with Crippen molar-refractivity contribution < 1.29 is 9.59 Å². The molecule has 0 bridgehead atoms. The van der Waals surface area contributed by atoms with Crippen LogP contribution in [0.1, 0.15) is 28.9 Å². The monoisotopic (exact) mass is 400 g/mol. The molecule has 0 aliphatic rings. The molecule has 0 aliphatic carbocycles. The molecule has 0 saturated carbocycles. The molecule has 2 N–H and O–H groups in total. The fourth-order valence-corrected chi connectivity index (χ4v) is 3.42. The van der Waals surface area contributed by atoms with Crippen molar-refractivity contribution in [2.24, 2.45) is 0 Å². The predicted octanol–water partition coefficient (Wildman–Crippen LogP) is 4.75. The summed E-state index contributed by atoms with van der Waals surface area (Å²) in [7, 11) is 0. The molecule has 0 saturated heterocycles. The second kappa shape index (κ2) is 8.42. The molecule has 3 rings (SSSR count). The number of benzene rings is 3. The summed E-state index contributed by atoms with van der Waals surface area (Å²) in [5, 5.41) is 8.37. The molecule has 4 nitrogen and oxygen atoms in total. The van der Waals surface area contributed by atoms with Gasteiger partial charge in [0.05, 0.1) is 23.2 Å². The van der Waals surface area contributed by atoms with E-state index in [1.807, 2.05) is 49.4 Å². The lowest BCUT2D eigenvalue weighted by Crippen LogP contribution is -2.38. The maximum atomic E-state index is 12.3. The number of carbonyl (C=O) groups is 2. The van der Waals surface area contributed by atoms with Crippen molar-refractivity contribution in [2.75, 3.05) is 6.54 Å². The first-order chi connectivity index (χ1) is 13.0. The maximum Gasteiger partial charge on any atom is 0.253 e. The summed E-state index contributed by atoms with van der Waals surface area (Å²) in [6.07, 6.45) is 0. The van der Waals surface area contributed by atoms with Crippen LogP contribution in [0.4, 0.5) is 0 Å². The number of fused-ring (bicyclic) bond motifs is 1. The van der Waals surface area contributed by atoms with Crippen molar-refractivity contribution in [1.82, 2.24) is 10.6 Å². The Balaban J connectivity index is 1.62. The molecule has 1 unspecified atom stereocenters. The Morgan fingerprint density at radius 1 is 1.00 bits per heavy atom. The highest BCUT2D eigenvalue weighted by Gasteiger charge is 2.15. The Labute approximate surface area is 167 Å². The van der Waals surface area contributed by atoms with E-state index in [0.717, 1.165) is 16.3 Å². The van der Waals surface area contributed by atoms with Crippen LogP contribution in [0.3, 0.4) is 0 Å². The zero-order valence-electron chi connectivity index (χ0n) is 14.6. The zero-order chi connectivity index (χ0) is 19.4. The fraction of sp³-hybridized carbons (Fsp3) is 0.143. The molecule has 3 aromatic rings. The van der Waals surface area contributed by atoms with Gasteiger partial charge in [-0.3, -0.25) is 9.59 Å². The maximum absolute atomic E-state index is 12.3. The lowest BCUT2D eigenvalue weighted by atomic mass is 10.00. The van der Waals surface area contributed by atoms with Gasteiger partial charge in [0, 0.05) is 5.02 Å². The van der Waals surface area contributed by atoms with Gasteiger partial charge in [-0.15, -0.1) is 0 Å². The number of amides is 2. The van der Waals surface area contributed by atoms with Crippen molar-refractivity contribution >= 4 is 45.8 Å². The molecular weight excluding hydrogens is 383 g/mol. The van der Waals surface area contributed by atoms with E-state index in [0.29, 0.717) is 5.02 Å². The Hall–Kier alpha value is -2.56. The summed E-state index contributed by atoms with van der Waals surface area (Å²) in [5.41, 5.74) is 1.30. The van der Waals surface area contributed by atoms with Crippen LogP contribution in [0.5, 0.6) is 0 Å². The standard InChI is InChI=1S/C21H18Cl2N2O2/c1-13(16-8-4-6-14-5-2-3-7-17(14)16)25-20(26)12-24-21(27)18-10-9-15(22)11-19(18)23/h2-11,13H,12H2,1H3,(H,24,27)(H,25,26). The van der Waals surface area contributed by atoms with Gasteiger partial charge in [-0.1, -0.05) is 65.7 Å². The summed E-state index contributed by atoms with van der Waals surface area (Å²) in [4.78, 5) is 24.5. The highest BCUT2D eigenvalue weighted by atomic mass is 35.5. The Kier molecular flexibility index (Phi) is 5.99. The lowest BCUT2D eigenvalue weighted by Gasteiger charge is -2.17. The first-order valence-corrected chi connectivity index (χ1v) is 9.21. The molecule has 0 spiro atoms. The van der Waals surface area contributed by atoms with Gasteiger partial charge < -0.3 is 10.6 Å². The van der Waals surface area contributed by atoms with Crippen molar-refractivity contribution in [1.29, 1.82) is 0 Å². The van der Waals surface area contributed by atoms with E-state index in [-0.39, 0.29) is 29.1 Å². The highest BCUT2D eigenvalue weighted by Crippen LogP contribution is 2.24. The topological polar surface area (TPSA) is 58.2 Å². The molecule has 0 aliphatic heterocycles. The molecule has 1 atom stereocenters. The Morgan fingerprint density at radius 3 is 2.52 bits per heavy atom. The quantitative estimate of drug-likeness (QED) is 0.648. The number of rotatable bonds is 5. The second-order valence-electron chi connectivity index (χ2n) is 6.16. The molecule has 27 heavy (non-hydrogen) atoms. The number of hydrogen-bond donors (Lipinski definition) is 2. The summed E-state index contributed by atoms with van der Waals surface area (Å²) in [6.45, 7) is 1.77. The molecule has 0 heterocycles. The van der Waals surface area contributed by atoms with Crippen molar-refractivity contribution in [2.45, 2.75) is 13.0 Å². The predicted molar refractivity (Wildman–Crippen MR) is 109 cm³/mol. The average Bonchev–Trinajstić information content (AvgIpc) is 2.65. The van der Waals surface area contributed by atoms with Gasteiger partial charge in [-0.05, 0) is 41.5 Å². The molecule has 3 aromatic carbocycles. The van der Waals surface area contributed by atoms with Crippen molar-refractivity contribution in [3.05, 3.63) is 81.8 Å². The van der Waals surface area contributed by atoms with Crippen LogP contribution in [0.25, 0.3) is 10.8 Å². The van der Waals surface area contributed by atoms with Crippen LogP contribution in [0.2, 0.25) is 10.0 Å². The molecule has 138 valence electrons. The largest absolute Gasteiger partial charge is 0.348 e. The number of nitrogens with one attached hydrogen (secondary N) is 2. The minimum absolute atomic E-state index is 0.146. The van der Waals surface area contributed by atoms with E-state index in [1.165, 1.54) is 12.1 Å². The van der Waals surface area contributed by atoms with Gasteiger partial charge in [0.15, 0.2) is 0 Å². The van der Waals surface area contributed by atoms with Gasteiger partial charge >= 0.3 is 0 Å². The normalized spacial score (nSPS) is 11.8. The Bertz CT molecular complexity index is 999. The van der Waals surface area contributed by atoms with E-state index in [4.69, 9.17) is 23.2 Å². The van der Waals surface area contributed by atoms with Crippen LogP contribution < -0.4 is 10.6 Å². The average molecular weight is 401 g/mol. The number of carbonyl (C=O) groups excluding carboxylic acids is 2. The van der Waals surface area contributed by atoms with Gasteiger partial charge in [0.25, 0.3) is 5.91 Å². The smallest absolute Gasteiger partial charge is 0.253 e. The molecular formula is C21H18Cl2N2O2. The van der Waals surface area contributed by atoms with Crippen LogP contribution in [0.15, 0.2) is 60.7 Å². The fourth-order valence-electron chi connectivity index (χ4n) is 2.93. The number of halogens is 2. The van der Waals surface area contributed by atoms with E-state index in [2.05, 4.69) is 10.6 Å². The van der Waals surface area contributed by atoms with E-state index in [9.17, 15) is 9.59 Å². The van der Waals surface area contributed by atoms with Crippen LogP contribution >= 0.6 is 23.2 Å². The molecule has 6 heteroatoms. The minimum Gasteiger partial charge on any atom is -0.348 e. The van der Waals surface area contributed by atoms with E-state index >= 15 is 0 Å². The molecule has 2 amide bonds. The van der Waals surface area contributed by atoms with Crippen LogP contribution in [0, 0.1) is 0 Å². The number of hydrogen-bond acceptors (Lipinski definition) is 2. The summed E-state index contributed by atoms with van der Waals surface area (Å²) in [6, 6.07) is 18.4. The molecule has 0 aromatic heterocycles. The molecule has 0 fully saturated rings. The van der Waals surface area contributed by atoms with E-state index in [1.54, 1.807) is 6.07 Å².